The van der Waals surface area contributed by atoms with Crippen molar-refractivity contribution in [3.8, 4) is 0 Å². The topological polar surface area (TPSA) is 40.6 Å². The summed E-state index contributed by atoms with van der Waals surface area (Å²) in [6.45, 7) is 3.25. The van der Waals surface area contributed by atoms with E-state index in [0.717, 1.165) is 24.3 Å². The summed E-state index contributed by atoms with van der Waals surface area (Å²) in [6.07, 6.45) is 1.78. The van der Waals surface area contributed by atoms with Gasteiger partial charge in [0.05, 0.1) is 11.2 Å². The number of amides is 2. The van der Waals surface area contributed by atoms with Crippen molar-refractivity contribution in [1.82, 2.24) is 9.80 Å². The molecule has 0 N–H and O–H groups in total. The highest BCUT2D eigenvalue weighted by molar-refractivity contribution is 8.00. The van der Waals surface area contributed by atoms with Gasteiger partial charge in [0.1, 0.15) is 0 Å². The summed E-state index contributed by atoms with van der Waals surface area (Å²) in [6, 6.07) is 9.96. The number of nitrogens with zero attached hydrogens (tertiary/aromatic N) is 2. The van der Waals surface area contributed by atoms with Gasteiger partial charge in [0.25, 0.3) is 0 Å². The minimum absolute atomic E-state index is 0.0541. The van der Waals surface area contributed by atoms with Gasteiger partial charge >= 0.3 is 0 Å². The zero-order valence-electron chi connectivity index (χ0n) is 13.5. The lowest BCUT2D eigenvalue weighted by atomic mass is 9.96. The second-order valence-corrected chi connectivity index (χ2v) is 7.34. The highest BCUT2D eigenvalue weighted by atomic mass is 32.2. The molecular weight excluding hydrogens is 296 g/mol. The fourth-order valence-electron chi connectivity index (χ4n) is 2.75. The van der Waals surface area contributed by atoms with E-state index in [0.29, 0.717) is 6.54 Å². The first-order valence-corrected chi connectivity index (χ1v) is 8.58. The molecule has 22 heavy (non-hydrogen) atoms. The monoisotopic (exact) mass is 320 g/mol. The predicted molar refractivity (Wildman–Crippen MR) is 89.8 cm³/mol. The second-order valence-electron chi connectivity index (χ2n) is 5.93. The normalized spacial score (nSPS) is 19.6. The Morgan fingerprint density at radius 3 is 2.59 bits per heavy atom. The minimum Gasteiger partial charge on any atom is -0.349 e. The highest BCUT2D eigenvalue weighted by Crippen LogP contribution is 2.26. The zero-order chi connectivity index (χ0) is 16.1. The average molecular weight is 320 g/mol. The van der Waals surface area contributed by atoms with E-state index in [9.17, 15) is 9.59 Å². The number of carbonyl (C=O) groups excluding carboxylic acids is 2. The maximum absolute atomic E-state index is 12.6. The van der Waals surface area contributed by atoms with Crippen molar-refractivity contribution < 1.29 is 9.59 Å². The Kier molecular flexibility index (Phi) is 5.89. The van der Waals surface area contributed by atoms with E-state index >= 15 is 0 Å². The van der Waals surface area contributed by atoms with Crippen molar-refractivity contribution >= 4 is 23.6 Å². The molecule has 0 aliphatic carbocycles. The van der Waals surface area contributed by atoms with Gasteiger partial charge in [0.2, 0.25) is 11.8 Å². The lowest BCUT2D eigenvalue weighted by Gasteiger charge is -2.34. The first-order chi connectivity index (χ1) is 10.5. The van der Waals surface area contributed by atoms with E-state index < -0.39 is 0 Å². The van der Waals surface area contributed by atoms with E-state index in [1.54, 1.807) is 30.8 Å². The fraction of sp³-hybridized carbons (Fsp3) is 0.529. The molecule has 1 aromatic carbocycles. The number of hydrogen-bond acceptors (Lipinski definition) is 3. The molecule has 0 aromatic heterocycles. The third-order valence-electron chi connectivity index (χ3n) is 3.93. The van der Waals surface area contributed by atoms with Crippen LogP contribution < -0.4 is 0 Å². The standard InChI is InChI=1S/C17H24N2O2S/c1-13(22-15-9-5-4-6-10-15)16(20)19-11-7-8-14(12-19)17(21)18(2)3/h4-6,9-10,13-14H,7-8,11-12H2,1-3H3. The summed E-state index contributed by atoms with van der Waals surface area (Å²) < 4.78 is 0. The van der Waals surface area contributed by atoms with Crippen LogP contribution in [0.5, 0.6) is 0 Å². The lowest BCUT2D eigenvalue weighted by Crippen LogP contribution is -2.47. The molecule has 1 aliphatic heterocycles. The molecular formula is C17H24N2O2S. The van der Waals surface area contributed by atoms with Gasteiger partial charge in [-0.05, 0) is 31.9 Å². The molecule has 1 aromatic rings. The SMILES string of the molecule is CC(Sc1ccccc1)C(=O)N1CCCC(C(=O)N(C)C)C1. The molecule has 0 spiro atoms. The van der Waals surface area contributed by atoms with Gasteiger partial charge in [-0.15, -0.1) is 11.8 Å². The summed E-state index contributed by atoms with van der Waals surface area (Å²) in [5.41, 5.74) is 0. The van der Waals surface area contributed by atoms with Crippen molar-refractivity contribution in [2.75, 3.05) is 27.2 Å². The summed E-state index contributed by atoms with van der Waals surface area (Å²) in [5, 5.41) is -0.129. The number of rotatable bonds is 4. The van der Waals surface area contributed by atoms with Crippen LogP contribution in [-0.2, 0) is 9.59 Å². The molecule has 0 bridgehead atoms. The van der Waals surface area contributed by atoms with Crippen LogP contribution >= 0.6 is 11.8 Å². The smallest absolute Gasteiger partial charge is 0.235 e. The molecule has 1 fully saturated rings. The van der Waals surface area contributed by atoms with Crippen molar-refractivity contribution in [2.45, 2.75) is 29.9 Å². The molecule has 120 valence electrons. The minimum atomic E-state index is -0.129. The Labute approximate surface area is 136 Å². The van der Waals surface area contributed by atoms with E-state index in [1.807, 2.05) is 42.2 Å². The third kappa shape index (κ3) is 4.26. The van der Waals surface area contributed by atoms with E-state index in [2.05, 4.69) is 0 Å². The molecule has 1 heterocycles. The highest BCUT2D eigenvalue weighted by Gasteiger charge is 2.31. The average Bonchev–Trinajstić information content (AvgIpc) is 2.54. The molecule has 2 rings (SSSR count). The first-order valence-electron chi connectivity index (χ1n) is 7.70. The van der Waals surface area contributed by atoms with Crippen LogP contribution in [0, 0.1) is 5.92 Å². The maximum atomic E-state index is 12.6. The molecule has 0 radical (unpaired) electrons. The van der Waals surface area contributed by atoms with Crippen LogP contribution in [0.25, 0.3) is 0 Å². The molecule has 1 saturated heterocycles. The fourth-order valence-corrected chi connectivity index (χ4v) is 3.73. The number of piperidine rings is 1. The van der Waals surface area contributed by atoms with Crippen LogP contribution in [0.15, 0.2) is 35.2 Å². The van der Waals surface area contributed by atoms with Gasteiger partial charge in [0.15, 0.2) is 0 Å². The van der Waals surface area contributed by atoms with Crippen molar-refractivity contribution in [3.05, 3.63) is 30.3 Å². The predicted octanol–water partition coefficient (Wildman–Crippen LogP) is 2.49. The van der Waals surface area contributed by atoms with Gasteiger partial charge in [-0.3, -0.25) is 9.59 Å². The number of likely N-dealkylation sites (tertiary alicyclic amines) is 1. The summed E-state index contributed by atoms with van der Waals surface area (Å²) in [5.74, 6) is 0.201. The van der Waals surface area contributed by atoms with Gasteiger partial charge in [-0.25, -0.2) is 0 Å². The number of thioether (sulfide) groups is 1. The van der Waals surface area contributed by atoms with Crippen LogP contribution in [0.3, 0.4) is 0 Å². The summed E-state index contributed by atoms with van der Waals surface area (Å²) >= 11 is 1.57. The molecule has 4 nitrogen and oxygen atoms in total. The molecule has 0 saturated carbocycles. The second kappa shape index (κ2) is 7.68. The van der Waals surface area contributed by atoms with Gasteiger partial charge in [0, 0.05) is 32.1 Å². The Bertz CT molecular complexity index is 519. The number of benzene rings is 1. The number of carbonyl (C=O) groups is 2. The zero-order valence-corrected chi connectivity index (χ0v) is 14.3. The van der Waals surface area contributed by atoms with Crippen LogP contribution in [0.2, 0.25) is 0 Å². The molecule has 2 atom stereocenters. The third-order valence-corrected chi connectivity index (χ3v) is 5.03. The van der Waals surface area contributed by atoms with Gasteiger partial charge in [-0.1, -0.05) is 18.2 Å². The van der Waals surface area contributed by atoms with E-state index in [1.165, 1.54) is 0 Å². The van der Waals surface area contributed by atoms with Crippen molar-refractivity contribution in [3.63, 3.8) is 0 Å². The molecule has 5 heteroatoms. The molecule has 2 unspecified atom stereocenters. The molecule has 1 aliphatic rings. The maximum Gasteiger partial charge on any atom is 0.235 e. The summed E-state index contributed by atoms with van der Waals surface area (Å²) in [7, 11) is 3.55. The Balaban J connectivity index is 1.95. The largest absolute Gasteiger partial charge is 0.349 e. The van der Waals surface area contributed by atoms with Crippen molar-refractivity contribution in [1.29, 1.82) is 0 Å². The van der Waals surface area contributed by atoms with Crippen molar-refractivity contribution in [2.24, 2.45) is 5.92 Å². The van der Waals surface area contributed by atoms with Crippen LogP contribution in [-0.4, -0.2) is 54.0 Å². The number of hydrogen-bond donors (Lipinski definition) is 0. The first kappa shape index (κ1) is 16.9. The lowest BCUT2D eigenvalue weighted by molar-refractivity contribution is -0.138. The van der Waals surface area contributed by atoms with Crippen LogP contribution in [0.4, 0.5) is 0 Å². The Morgan fingerprint density at radius 2 is 1.95 bits per heavy atom. The van der Waals surface area contributed by atoms with Crippen LogP contribution in [0.1, 0.15) is 19.8 Å². The Morgan fingerprint density at radius 1 is 1.27 bits per heavy atom. The summed E-state index contributed by atoms with van der Waals surface area (Å²) in [4.78, 5) is 29.3. The quantitative estimate of drug-likeness (QED) is 0.800. The molecule has 2 amide bonds. The Hall–Kier alpha value is -1.49. The van der Waals surface area contributed by atoms with E-state index in [4.69, 9.17) is 0 Å². The van der Waals surface area contributed by atoms with E-state index in [-0.39, 0.29) is 23.0 Å². The van der Waals surface area contributed by atoms with Gasteiger partial charge in [-0.2, -0.15) is 0 Å². The van der Waals surface area contributed by atoms with Gasteiger partial charge < -0.3 is 9.80 Å².